The molecule has 0 aliphatic heterocycles. The number of rotatable bonds is 7. The van der Waals surface area contributed by atoms with Gasteiger partial charge in [0.05, 0.1) is 28.7 Å². The van der Waals surface area contributed by atoms with Gasteiger partial charge in [0.1, 0.15) is 18.1 Å². The van der Waals surface area contributed by atoms with Crippen LogP contribution in [0.1, 0.15) is 5.82 Å². The van der Waals surface area contributed by atoms with Crippen LogP contribution in [0.3, 0.4) is 0 Å². The number of aromatic nitrogens is 2. The Kier molecular flexibility index (Phi) is 6.59. The minimum Gasteiger partial charge on any atom is -0.495 e. The fourth-order valence-corrected chi connectivity index (χ4v) is 4.54. The van der Waals surface area contributed by atoms with E-state index in [-0.39, 0.29) is 33.1 Å². The third-order valence-corrected chi connectivity index (χ3v) is 6.44. The number of sulfonamides is 1. The van der Waals surface area contributed by atoms with Crippen molar-refractivity contribution in [2.24, 2.45) is 0 Å². The Hall–Kier alpha value is -4.13. The molecule has 0 fully saturated rings. The monoisotopic (exact) mass is 522 g/mol. The van der Waals surface area contributed by atoms with Crippen molar-refractivity contribution in [3.05, 3.63) is 78.4 Å². The van der Waals surface area contributed by atoms with Gasteiger partial charge in [0.25, 0.3) is 10.0 Å². The molecule has 0 unspecified atom stereocenters. The first-order valence-corrected chi connectivity index (χ1v) is 11.7. The Labute approximate surface area is 202 Å². The van der Waals surface area contributed by atoms with Gasteiger partial charge in [-0.25, -0.2) is 17.8 Å². The zero-order chi connectivity index (χ0) is 26.1. The van der Waals surface area contributed by atoms with Crippen molar-refractivity contribution in [3.8, 4) is 5.75 Å². The summed E-state index contributed by atoms with van der Waals surface area (Å²) in [5.41, 5.74) is 0.251. The molecule has 0 saturated carbocycles. The molecular formula is C23H18F4N4O4S. The lowest BCUT2D eigenvalue weighted by Crippen LogP contribution is -2.23. The molecule has 0 radical (unpaired) electrons. The number of fused-ring (bicyclic) bond motifs is 1. The first-order chi connectivity index (χ1) is 17.0. The predicted octanol–water partition coefficient (Wildman–Crippen LogP) is 4.64. The van der Waals surface area contributed by atoms with E-state index in [1.165, 1.54) is 49.6 Å². The molecule has 0 bridgehead atoms. The van der Waals surface area contributed by atoms with Crippen molar-refractivity contribution >= 4 is 38.3 Å². The van der Waals surface area contributed by atoms with Crippen LogP contribution < -0.4 is 14.8 Å². The largest absolute Gasteiger partial charge is 0.495 e. The molecule has 0 aliphatic rings. The molecule has 0 saturated heterocycles. The number of anilines is 2. The molecular weight excluding hydrogens is 504 g/mol. The van der Waals surface area contributed by atoms with Crippen LogP contribution in [0.25, 0.3) is 11.0 Å². The molecule has 0 spiro atoms. The summed E-state index contributed by atoms with van der Waals surface area (Å²) in [5, 5.41) is 2.45. The highest BCUT2D eigenvalue weighted by atomic mass is 32.2. The molecule has 2 N–H and O–H groups in total. The second-order valence-corrected chi connectivity index (χ2v) is 9.21. The van der Waals surface area contributed by atoms with Crippen LogP contribution in [-0.2, 0) is 27.5 Å². The van der Waals surface area contributed by atoms with Crippen LogP contribution in [0.2, 0.25) is 0 Å². The maximum atomic E-state index is 13.5. The second kappa shape index (κ2) is 9.49. The molecule has 8 nitrogen and oxygen atoms in total. The summed E-state index contributed by atoms with van der Waals surface area (Å²) in [7, 11) is -2.84. The number of methoxy groups -OCH3 is 1. The Balaban J connectivity index is 1.59. The lowest BCUT2D eigenvalue weighted by atomic mass is 10.2. The zero-order valence-corrected chi connectivity index (χ0v) is 19.3. The van der Waals surface area contributed by atoms with Crippen LogP contribution in [-0.4, -0.2) is 31.0 Å². The van der Waals surface area contributed by atoms with Crippen molar-refractivity contribution < 1.29 is 35.5 Å². The molecule has 4 rings (SSSR count). The summed E-state index contributed by atoms with van der Waals surface area (Å²) >= 11 is 0. The summed E-state index contributed by atoms with van der Waals surface area (Å²) in [4.78, 5) is 16.1. The summed E-state index contributed by atoms with van der Waals surface area (Å²) in [6, 6.07) is 14.0. The molecule has 1 aromatic heterocycles. The number of para-hydroxylation sites is 2. The normalized spacial score (nSPS) is 11.9. The number of benzene rings is 3. The number of ether oxygens (including phenoxy) is 1. The average Bonchev–Trinajstić information content (AvgIpc) is 3.18. The quantitative estimate of drug-likeness (QED) is 0.344. The third kappa shape index (κ3) is 5.25. The predicted molar refractivity (Wildman–Crippen MR) is 124 cm³/mol. The number of imidazole rings is 1. The summed E-state index contributed by atoms with van der Waals surface area (Å²) < 4.78 is 87.3. The van der Waals surface area contributed by atoms with Crippen LogP contribution in [0, 0.1) is 5.82 Å². The highest BCUT2D eigenvalue weighted by Crippen LogP contribution is 2.32. The highest BCUT2D eigenvalue weighted by molar-refractivity contribution is 7.92. The van der Waals surface area contributed by atoms with Gasteiger partial charge in [-0.3, -0.25) is 9.52 Å². The average molecular weight is 522 g/mol. The van der Waals surface area contributed by atoms with E-state index in [9.17, 15) is 30.8 Å². The maximum Gasteiger partial charge on any atom is 0.449 e. The van der Waals surface area contributed by atoms with E-state index in [0.29, 0.717) is 0 Å². The van der Waals surface area contributed by atoms with E-state index in [2.05, 4.69) is 15.0 Å². The maximum absolute atomic E-state index is 13.5. The van der Waals surface area contributed by atoms with Gasteiger partial charge in [-0.2, -0.15) is 13.2 Å². The first kappa shape index (κ1) is 25.0. The van der Waals surface area contributed by atoms with Gasteiger partial charge in [-0.1, -0.05) is 12.1 Å². The van der Waals surface area contributed by atoms with Crippen molar-refractivity contribution in [2.45, 2.75) is 17.6 Å². The molecule has 1 heterocycles. The van der Waals surface area contributed by atoms with Gasteiger partial charge >= 0.3 is 6.18 Å². The highest BCUT2D eigenvalue weighted by Gasteiger charge is 2.38. The van der Waals surface area contributed by atoms with Gasteiger partial charge in [0, 0.05) is 5.69 Å². The smallest absolute Gasteiger partial charge is 0.449 e. The number of alkyl halides is 3. The second-order valence-electron chi connectivity index (χ2n) is 7.53. The molecule has 188 valence electrons. The third-order valence-electron chi connectivity index (χ3n) is 5.06. The first-order valence-electron chi connectivity index (χ1n) is 10.3. The van der Waals surface area contributed by atoms with Crippen LogP contribution in [0.4, 0.5) is 28.9 Å². The van der Waals surface area contributed by atoms with Crippen molar-refractivity contribution in [1.82, 2.24) is 9.55 Å². The Morgan fingerprint density at radius 2 is 1.75 bits per heavy atom. The number of hydrogen-bond acceptors (Lipinski definition) is 5. The summed E-state index contributed by atoms with van der Waals surface area (Å²) in [6.07, 6.45) is -4.79. The van der Waals surface area contributed by atoms with Gasteiger partial charge in [-0.15, -0.1) is 0 Å². The van der Waals surface area contributed by atoms with E-state index < -0.39 is 40.3 Å². The number of amides is 1. The number of hydrogen-bond donors (Lipinski definition) is 2. The number of carbonyl (C=O) groups excluding carboxylic acids is 1. The van der Waals surface area contributed by atoms with Gasteiger partial charge in [-0.05, 0) is 54.6 Å². The van der Waals surface area contributed by atoms with Crippen LogP contribution >= 0.6 is 0 Å². The fourth-order valence-electron chi connectivity index (χ4n) is 3.48. The Bertz CT molecular complexity index is 1530. The van der Waals surface area contributed by atoms with E-state index in [0.717, 1.165) is 28.8 Å². The van der Waals surface area contributed by atoms with E-state index >= 15 is 0 Å². The number of halogens is 4. The zero-order valence-electron chi connectivity index (χ0n) is 18.5. The van der Waals surface area contributed by atoms with Crippen LogP contribution in [0.5, 0.6) is 5.75 Å². The van der Waals surface area contributed by atoms with Crippen molar-refractivity contribution in [3.63, 3.8) is 0 Å². The summed E-state index contributed by atoms with van der Waals surface area (Å²) in [6.45, 7) is -0.696. The van der Waals surface area contributed by atoms with E-state index in [4.69, 9.17) is 4.74 Å². The standard InChI is InChI=1S/C23H18F4N4O4S/c1-35-20-11-8-15(12-18(20)30-36(33,34)16-9-6-14(24)7-10-16)28-21(32)13-31-19-5-3-2-4-17(19)29-22(31)23(25,26)27/h2-12,30H,13H2,1H3,(H,28,32). The van der Waals surface area contributed by atoms with Gasteiger partial charge in [0.2, 0.25) is 11.7 Å². The minimum atomic E-state index is -4.79. The molecule has 36 heavy (non-hydrogen) atoms. The molecule has 0 atom stereocenters. The SMILES string of the molecule is COc1ccc(NC(=O)Cn2c(C(F)(F)F)nc3ccccc32)cc1NS(=O)(=O)c1ccc(F)cc1. The van der Waals surface area contributed by atoms with Gasteiger partial charge in [0.15, 0.2) is 0 Å². The van der Waals surface area contributed by atoms with Crippen molar-refractivity contribution in [2.75, 3.05) is 17.1 Å². The van der Waals surface area contributed by atoms with Gasteiger partial charge < -0.3 is 14.6 Å². The Morgan fingerprint density at radius 1 is 1.06 bits per heavy atom. The lowest BCUT2D eigenvalue weighted by Gasteiger charge is -2.15. The summed E-state index contributed by atoms with van der Waals surface area (Å²) in [5.74, 6) is -2.53. The number of carbonyl (C=O) groups is 1. The van der Waals surface area contributed by atoms with Crippen LogP contribution in [0.15, 0.2) is 71.6 Å². The van der Waals surface area contributed by atoms with E-state index in [1.54, 1.807) is 0 Å². The van der Waals surface area contributed by atoms with Crippen molar-refractivity contribution in [1.29, 1.82) is 0 Å². The fraction of sp³-hybridized carbons (Fsp3) is 0.130. The number of nitrogens with one attached hydrogen (secondary N) is 2. The van der Waals surface area contributed by atoms with E-state index in [1.807, 2.05) is 0 Å². The minimum absolute atomic E-state index is 0.0521. The molecule has 1 amide bonds. The lowest BCUT2D eigenvalue weighted by molar-refractivity contribution is -0.147. The topological polar surface area (TPSA) is 102 Å². The molecule has 13 heteroatoms. The molecule has 0 aliphatic carbocycles. The Morgan fingerprint density at radius 3 is 2.42 bits per heavy atom. The molecule has 4 aromatic rings. The number of nitrogens with zero attached hydrogens (tertiary/aromatic N) is 2. The molecule has 3 aromatic carbocycles.